The Morgan fingerprint density at radius 3 is 2.52 bits per heavy atom. The molecule has 0 radical (unpaired) electrons. The van der Waals surface area contributed by atoms with Gasteiger partial charge in [-0.1, -0.05) is 35.0 Å². The van der Waals surface area contributed by atoms with Crippen molar-refractivity contribution in [2.24, 2.45) is 0 Å². The van der Waals surface area contributed by atoms with Crippen LogP contribution >= 0.6 is 35.0 Å². The van der Waals surface area contributed by atoms with Crippen molar-refractivity contribution in [2.75, 3.05) is 0 Å². The highest BCUT2D eigenvalue weighted by Gasteiger charge is 2.12. The fraction of sp³-hybridized carbons (Fsp3) is 0.214. The van der Waals surface area contributed by atoms with E-state index in [1.54, 1.807) is 16.7 Å². The Hall–Kier alpha value is -1.30. The van der Waals surface area contributed by atoms with E-state index in [4.69, 9.17) is 23.2 Å². The fourth-order valence-electron chi connectivity index (χ4n) is 2.02. The molecule has 0 N–H and O–H groups in total. The Morgan fingerprint density at radius 1 is 1.10 bits per heavy atom. The zero-order valence-corrected chi connectivity index (χ0v) is 13.8. The van der Waals surface area contributed by atoms with Crippen molar-refractivity contribution in [3.63, 3.8) is 0 Å². The van der Waals surface area contributed by atoms with E-state index < -0.39 is 0 Å². The monoisotopic (exact) mass is 338 g/mol. The molecule has 3 rings (SSSR count). The third-order valence-electron chi connectivity index (χ3n) is 2.89. The molecule has 7 heteroatoms. The van der Waals surface area contributed by atoms with Crippen molar-refractivity contribution in [3.05, 3.63) is 51.7 Å². The number of fused-ring (bicyclic) bond motifs is 1. The van der Waals surface area contributed by atoms with Crippen molar-refractivity contribution >= 4 is 40.6 Å². The topological polar surface area (TPSA) is 43.1 Å². The van der Waals surface area contributed by atoms with Crippen LogP contribution in [0.5, 0.6) is 0 Å². The molecule has 0 spiro atoms. The lowest BCUT2D eigenvalue weighted by Crippen LogP contribution is -1.93. The van der Waals surface area contributed by atoms with Gasteiger partial charge in [0.2, 0.25) is 0 Å². The van der Waals surface area contributed by atoms with Crippen molar-refractivity contribution in [1.82, 2.24) is 19.4 Å². The van der Waals surface area contributed by atoms with E-state index in [1.165, 1.54) is 11.8 Å². The van der Waals surface area contributed by atoms with Crippen LogP contribution in [0, 0.1) is 13.8 Å². The molecule has 3 aromatic heterocycles. The molecule has 0 fully saturated rings. The van der Waals surface area contributed by atoms with E-state index in [0.29, 0.717) is 15.9 Å². The summed E-state index contributed by atoms with van der Waals surface area (Å²) in [6, 6.07) is 5.59. The maximum absolute atomic E-state index is 6.35. The SMILES string of the molecule is Cc1cc(C)nc(SCc2nc3ccc(Cl)cn3c2Cl)n1. The molecule has 0 unspecified atom stereocenters. The summed E-state index contributed by atoms with van der Waals surface area (Å²) >= 11 is 13.8. The van der Waals surface area contributed by atoms with Gasteiger partial charge in [-0.2, -0.15) is 0 Å². The number of aryl methyl sites for hydroxylation is 2. The average Bonchev–Trinajstić information content (AvgIpc) is 2.72. The van der Waals surface area contributed by atoms with Crippen LogP contribution in [0.1, 0.15) is 17.1 Å². The van der Waals surface area contributed by atoms with E-state index in [1.807, 2.05) is 26.0 Å². The molecule has 0 aromatic carbocycles. The van der Waals surface area contributed by atoms with Crippen LogP contribution in [0.25, 0.3) is 5.65 Å². The Kier molecular flexibility index (Phi) is 4.06. The van der Waals surface area contributed by atoms with Crippen LogP contribution < -0.4 is 0 Å². The van der Waals surface area contributed by atoms with Crippen LogP contribution in [-0.2, 0) is 5.75 Å². The first-order valence-corrected chi connectivity index (χ1v) is 8.04. The summed E-state index contributed by atoms with van der Waals surface area (Å²) in [4.78, 5) is 13.3. The molecule has 3 aromatic rings. The Bertz CT molecular complexity index is 796. The Balaban J connectivity index is 1.86. The summed E-state index contributed by atoms with van der Waals surface area (Å²) in [5.74, 6) is 0.612. The number of hydrogen-bond acceptors (Lipinski definition) is 4. The second-order valence-electron chi connectivity index (χ2n) is 4.65. The molecule has 0 aliphatic heterocycles. The molecule has 0 saturated carbocycles. The van der Waals surface area contributed by atoms with E-state index in [9.17, 15) is 0 Å². The van der Waals surface area contributed by atoms with Gasteiger partial charge in [-0.3, -0.25) is 4.40 Å². The predicted octanol–water partition coefficient (Wildman–Crippen LogP) is 4.34. The second kappa shape index (κ2) is 5.83. The lowest BCUT2D eigenvalue weighted by Gasteiger charge is -2.01. The molecular formula is C14H12Cl2N4S. The molecular weight excluding hydrogens is 327 g/mol. The largest absolute Gasteiger partial charge is 0.289 e. The van der Waals surface area contributed by atoms with Crippen LogP contribution in [0.15, 0.2) is 29.6 Å². The van der Waals surface area contributed by atoms with Gasteiger partial charge in [-0.25, -0.2) is 15.0 Å². The van der Waals surface area contributed by atoms with Gasteiger partial charge in [0, 0.05) is 23.3 Å². The van der Waals surface area contributed by atoms with Crippen LogP contribution in [0.2, 0.25) is 10.2 Å². The number of imidazole rings is 1. The smallest absolute Gasteiger partial charge is 0.188 e. The Labute approximate surface area is 136 Å². The summed E-state index contributed by atoms with van der Waals surface area (Å²) in [7, 11) is 0. The minimum absolute atomic E-state index is 0.573. The second-order valence-corrected chi connectivity index (χ2v) is 6.38. The minimum Gasteiger partial charge on any atom is -0.289 e. The highest BCUT2D eigenvalue weighted by atomic mass is 35.5. The Morgan fingerprint density at radius 2 is 1.81 bits per heavy atom. The molecule has 0 amide bonds. The van der Waals surface area contributed by atoms with Gasteiger partial charge < -0.3 is 0 Å². The number of nitrogens with zero attached hydrogens (tertiary/aromatic N) is 4. The first-order valence-electron chi connectivity index (χ1n) is 6.30. The van der Waals surface area contributed by atoms with Gasteiger partial charge in [0.1, 0.15) is 10.8 Å². The number of hydrogen-bond donors (Lipinski definition) is 0. The first-order chi connectivity index (χ1) is 10.0. The van der Waals surface area contributed by atoms with E-state index in [0.717, 1.165) is 27.9 Å². The maximum Gasteiger partial charge on any atom is 0.188 e. The number of halogens is 2. The predicted molar refractivity (Wildman–Crippen MR) is 86.3 cm³/mol. The number of rotatable bonds is 3. The van der Waals surface area contributed by atoms with Gasteiger partial charge >= 0.3 is 0 Å². The maximum atomic E-state index is 6.35. The highest BCUT2D eigenvalue weighted by Crippen LogP contribution is 2.26. The van der Waals surface area contributed by atoms with Crippen molar-refractivity contribution in [2.45, 2.75) is 24.8 Å². The quantitative estimate of drug-likeness (QED) is 0.526. The normalized spacial score (nSPS) is 11.2. The summed E-state index contributed by atoms with van der Waals surface area (Å²) in [5, 5.41) is 1.93. The van der Waals surface area contributed by atoms with Crippen molar-refractivity contribution in [3.8, 4) is 0 Å². The van der Waals surface area contributed by atoms with Crippen molar-refractivity contribution in [1.29, 1.82) is 0 Å². The fourth-order valence-corrected chi connectivity index (χ4v) is 3.39. The number of pyridine rings is 1. The zero-order chi connectivity index (χ0) is 15.0. The zero-order valence-electron chi connectivity index (χ0n) is 11.5. The highest BCUT2D eigenvalue weighted by molar-refractivity contribution is 7.98. The summed E-state index contributed by atoms with van der Waals surface area (Å²) in [6.07, 6.45) is 1.76. The van der Waals surface area contributed by atoms with E-state index in [-0.39, 0.29) is 0 Å². The van der Waals surface area contributed by atoms with Gasteiger partial charge in [-0.05, 0) is 32.0 Å². The van der Waals surface area contributed by atoms with Crippen LogP contribution in [-0.4, -0.2) is 19.4 Å². The summed E-state index contributed by atoms with van der Waals surface area (Å²) in [5.41, 5.74) is 3.49. The third kappa shape index (κ3) is 3.15. The molecule has 0 aliphatic carbocycles. The molecule has 0 atom stereocenters. The van der Waals surface area contributed by atoms with E-state index >= 15 is 0 Å². The third-order valence-corrected chi connectivity index (χ3v) is 4.37. The minimum atomic E-state index is 0.573. The average molecular weight is 339 g/mol. The lowest BCUT2D eigenvalue weighted by molar-refractivity contribution is 0.901. The molecule has 3 heterocycles. The van der Waals surface area contributed by atoms with Crippen LogP contribution in [0.4, 0.5) is 0 Å². The van der Waals surface area contributed by atoms with Crippen LogP contribution in [0.3, 0.4) is 0 Å². The van der Waals surface area contributed by atoms with E-state index in [2.05, 4.69) is 15.0 Å². The molecule has 0 aliphatic rings. The summed E-state index contributed by atoms with van der Waals surface area (Å²) in [6.45, 7) is 3.91. The molecule has 4 nitrogen and oxygen atoms in total. The van der Waals surface area contributed by atoms with Gasteiger partial charge in [0.05, 0.1) is 10.7 Å². The molecule has 21 heavy (non-hydrogen) atoms. The van der Waals surface area contributed by atoms with Gasteiger partial charge in [0.15, 0.2) is 5.16 Å². The number of thioether (sulfide) groups is 1. The standard InChI is InChI=1S/C14H12Cl2N4S/c1-8-5-9(2)18-14(17-8)21-7-11-13(16)20-6-10(15)3-4-12(20)19-11/h3-6H,7H2,1-2H3. The number of aromatic nitrogens is 4. The summed E-state index contributed by atoms with van der Waals surface area (Å²) < 4.78 is 1.78. The van der Waals surface area contributed by atoms with Crippen molar-refractivity contribution < 1.29 is 0 Å². The molecule has 108 valence electrons. The lowest BCUT2D eigenvalue weighted by atomic mass is 10.4. The van der Waals surface area contributed by atoms with Gasteiger partial charge in [0.25, 0.3) is 0 Å². The molecule has 0 saturated heterocycles. The first kappa shape index (κ1) is 14.6. The molecule has 0 bridgehead atoms. The van der Waals surface area contributed by atoms with Gasteiger partial charge in [-0.15, -0.1) is 0 Å².